The zero-order valence-corrected chi connectivity index (χ0v) is 18.0. The number of nitrogens with zero attached hydrogens (tertiary/aromatic N) is 2. The molecule has 9 nitrogen and oxygen atoms in total. The normalized spacial score (nSPS) is 13.8. The SMILES string of the molecule is CCOc1cc(C=NN=C2C(=O)Nc3ccccc32)ccc1OCc1ccc(C(=O)OC)o1. The second-order valence-electron chi connectivity index (χ2n) is 6.88. The van der Waals surface area contributed by atoms with Crippen LogP contribution in [0.15, 0.2) is 69.2 Å². The van der Waals surface area contributed by atoms with Gasteiger partial charge in [-0.05, 0) is 48.9 Å². The third-order valence-electron chi connectivity index (χ3n) is 4.70. The average molecular weight is 447 g/mol. The molecular weight excluding hydrogens is 426 g/mol. The Morgan fingerprint density at radius 2 is 1.94 bits per heavy atom. The third kappa shape index (κ3) is 4.93. The number of carbonyl (C=O) groups excluding carboxylic acids is 2. The fourth-order valence-corrected chi connectivity index (χ4v) is 3.16. The largest absolute Gasteiger partial charge is 0.490 e. The van der Waals surface area contributed by atoms with Crippen molar-refractivity contribution in [3.8, 4) is 11.5 Å². The van der Waals surface area contributed by atoms with E-state index in [1.54, 1.807) is 24.3 Å². The van der Waals surface area contributed by atoms with Crippen molar-refractivity contribution in [3.05, 3.63) is 77.2 Å². The lowest BCUT2D eigenvalue weighted by atomic mass is 10.1. The first-order chi connectivity index (χ1) is 16.1. The summed E-state index contributed by atoms with van der Waals surface area (Å²) >= 11 is 0. The highest BCUT2D eigenvalue weighted by molar-refractivity contribution is 6.53. The maximum atomic E-state index is 12.1. The Bertz CT molecular complexity index is 1240. The lowest BCUT2D eigenvalue weighted by molar-refractivity contribution is -0.110. The summed E-state index contributed by atoms with van der Waals surface area (Å²) in [7, 11) is 1.29. The van der Waals surface area contributed by atoms with Gasteiger partial charge in [0.25, 0.3) is 5.91 Å². The first-order valence-corrected chi connectivity index (χ1v) is 10.2. The topological polar surface area (TPSA) is 112 Å². The maximum Gasteiger partial charge on any atom is 0.373 e. The number of rotatable bonds is 8. The Morgan fingerprint density at radius 1 is 1.09 bits per heavy atom. The van der Waals surface area contributed by atoms with Gasteiger partial charge in [0.15, 0.2) is 17.2 Å². The standard InChI is InChI=1S/C24H21N3O6/c1-3-31-21-12-15(13-25-27-22-17-6-4-5-7-18(17)26-23(22)28)8-10-19(21)32-14-16-9-11-20(33-16)24(29)30-2/h4-13H,3,14H2,1-2H3,(H,26,27,28). The van der Waals surface area contributed by atoms with Gasteiger partial charge in [0.2, 0.25) is 5.76 Å². The number of esters is 1. The number of carbonyl (C=O) groups is 2. The maximum absolute atomic E-state index is 12.1. The summed E-state index contributed by atoms with van der Waals surface area (Å²) in [5.41, 5.74) is 2.41. The number of fused-ring (bicyclic) bond motifs is 1. The Morgan fingerprint density at radius 3 is 2.76 bits per heavy atom. The van der Waals surface area contributed by atoms with E-state index in [4.69, 9.17) is 13.9 Å². The molecule has 1 aliphatic rings. The molecule has 33 heavy (non-hydrogen) atoms. The van der Waals surface area contributed by atoms with Crippen molar-refractivity contribution in [2.45, 2.75) is 13.5 Å². The molecule has 4 rings (SSSR count). The van der Waals surface area contributed by atoms with Gasteiger partial charge in [0.1, 0.15) is 12.4 Å². The average Bonchev–Trinajstić information content (AvgIpc) is 3.42. The van der Waals surface area contributed by atoms with Crippen LogP contribution in [-0.4, -0.2) is 37.5 Å². The molecule has 0 bridgehead atoms. The van der Waals surface area contributed by atoms with Gasteiger partial charge in [-0.25, -0.2) is 4.79 Å². The fourth-order valence-electron chi connectivity index (χ4n) is 3.16. The highest BCUT2D eigenvalue weighted by Crippen LogP contribution is 2.29. The lowest BCUT2D eigenvalue weighted by Gasteiger charge is -2.11. The Balaban J connectivity index is 1.47. The molecule has 1 amide bonds. The third-order valence-corrected chi connectivity index (χ3v) is 4.70. The van der Waals surface area contributed by atoms with E-state index in [0.717, 1.165) is 0 Å². The summed E-state index contributed by atoms with van der Waals surface area (Å²) in [5, 5.41) is 10.9. The van der Waals surface area contributed by atoms with Gasteiger partial charge < -0.3 is 23.9 Å². The molecule has 0 saturated heterocycles. The van der Waals surface area contributed by atoms with Crippen LogP contribution in [0, 0.1) is 0 Å². The van der Waals surface area contributed by atoms with Gasteiger partial charge in [-0.3, -0.25) is 4.79 Å². The molecule has 0 aliphatic carbocycles. The van der Waals surface area contributed by atoms with Crippen molar-refractivity contribution < 1.29 is 28.2 Å². The Hall–Kier alpha value is -4.40. The van der Waals surface area contributed by atoms with Gasteiger partial charge in [-0.15, -0.1) is 5.10 Å². The zero-order chi connectivity index (χ0) is 23.2. The summed E-state index contributed by atoms with van der Waals surface area (Å²) in [6, 6.07) is 15.8. The second-order valence-corrected chi connectivity index (χ2v) is 6.88. The number of furan rings is 1. The highest BCUT2D eigenvalue weighted by atomic mass is 16.5. The zero-order valence-electron chi connectivity index (χ0n) is 18.0. The molecule has 2 aromatic carbocycles. The van der Waals surface area contributed by atoms with Crippen molar-refractivity contribution in [1.82, 2.24) is 0 Å². The molecule has 0 radical (unpaired) electrons. The van der Waals surface area contributed by atoms with Gasteiger partial charge in [-0.2, -0.15) is 5.10 Å². The second kappa shape index (κ2) is 9.82. The van der Waals surface area contributed by atoms with Crippen LogP contribution in [0.2, 0.25) is 0 Å². The van der Waals surface area contributed by atoms with Crippen molar-refractivity contribution in [3.63, 3.8) is 0 Å². The number of hydrogen-bond acceptors (Lipinski definition) is 8. The van der Waals surface area contributed by atoms with Crippen molar-refractivity contribution in [2.24, 2.45) is 10.2 Å². The molecule has 0 fully saturated rings. The molecule has 1 aliphatic heterocycles. The summed E-state index contributed by atoms with van der Waals surface area (Å²) in [4.78, 5) is 23.6. The molecular formula is C24H21N3O6. The van der Waals surface area contributed by atoms with E-state index < -0.39 is 5.97 Å². The predicted octanol–water partition coefficient (Wildman–Crippen LogP) is 3.82. The molecule has 1 aromatic heterocycles. The van der Waals surface area contributed by atoms with E-state index in [0.29, 0.717) is 40.7 Å². The van der Waals surface area contributed by atoms with Crippen LogP contribution in [0.5, 0.6) is 11.5 Å². The number of ether oxygens (including phenoxy) is 3. The molecule has 0 atom stereocenters. The summed E-state index contributed by atoms with van der Waals surface area (Å²) in [6.07, 6.45) is 1.53. The smallest absolute Gasteiger partial charge is 0.373 e. The monoisotopic (exact) mass is 447 g/mol. The molecule has 3 aromatic rings. The summed E-state index contributed by atoms with van der Waals surface area (Å²) in [5.74, 6) is 0.739. The Kier molecular flexibility index (Phi) is 6.49. The van der Waals surface area contributed by atoms with E-state index in [9.17, 15) is 9.59 Å². The van der Waals surface area contributed by atoms with E-state index in [2.05, 4.69) is 20.3 Å². The van der Waals surface area contributed by atoms with Gasteiger partial charge in [0, 0.05) is 5.56 Å². The minimum atomic E-state index is -0.554. The fraction of sp³-hybridized carbons (Fsp3) is 0.167. The minimum Gasteiger partial charge on any atom is -0.490 e. The van der Waals surface area contributed by atoms with Crippen LogP contribution in [0.25, 0.3) is 0 Å². The summed E-state index contributed by atoms with van der Waals surface area (Å²) in [6.45, 7) is 2.40. The van der Waals surface area contributed by atoms with Crippen LogP contribution in [0.4, 0.5) is 5.69 Å². The number of para-hydroxylation sites is 1. The van der Waals surface area contributed by atoms with Gasteiger partial charge in [0.05, 0.1) is 25.6 Å². The first kappa shape index (κ1) is 21.8. The van der Waals surface area contributed by atoms with E-state index in [1.807, 2.05) is 31.2 Å². The number of methoxy groups -OCH3 is 1. The van der Waals surface area contributed by atoms with Crippen LogP contribution in [-0.2, 0) is 16.1 Å². The van der Waals surface area contributed by atoms with Crippen LogP contribution in [0.3, 0.4) is 0 Å². The molecule has 1 N–H and O–H groups in total. The molecule has 0 unspecified atom stereocenters. The van der Waals surface area contributed by atoms with Crippen molar-refractivity contribution in [1.29, 1.82) is 0 Å². The van der Waals surface area contributed by atoms with Crippen LogP contribution in [0.1, 0.15) is 34.4 Å². The highest BCUT2D eigenvalue weighted by Gasteiger charge is 2.25. The molecule has 0 spiro atoms. The first-order valence-electron chi connectivity index (χ1n) is 10.2. The van der Waals surface area contributed by atoms with Crippen LogP contribution < -0.4 is 14.8 Å². The predicted molar refractivity (Wildman–Crippen MR) is 121 cm³/mol. The van der Waals surface area contributed by atoms with E-state index in [-0.39, 0.29) is 24.0 Å². The van der Waals surface area contributed by atoms with Gasteiger partial charge >= 0.3 is 5.97 Å². The summed E-state index contributed by atoms with van der Waals surface area (Å²) < 4.78 is 21.5. The molecule has 9 heteroatoms. The van der Waals surface area contributed by atoms with Crippen molar-refractivity contribution >= 4 is 29.5 Å². The lowest BCUT2D eigenvalue weighted by Crippen LogP contribution is -2.13. The van der Waals surface area contributed by atoms with E-state index >= 15 is 0 Å². The number of nitrogens with one attached hydrogen (secondary N) is 1. The Labute approximate surface area is 189 Å². The van der Waals surface area contributed by atoms with Gasteiger partial charge in [-0.1, -0.05) is 18.2 Å². The minimum absolute atomic E-state index is 0.104. The molecule has 2 heterocycles. The quantitative estimate of drug-likeness (QED) is 0.319. The number of amides is 1. The van der Waals surface area contributed by atoms with E-state index in [1.165, 1.54) is 19.4 Å². The number of hydrogen-bond donors (Lipinski definition) is 1. The van der Waals surface area contributed by atoms with Crippen molar-refractivity contribution in [2.75, 3.05) is 19.0 Å². The molecule has 0 saturated carbocycles. The van der Waals surface area contributed by atoms with Crippen LogP contribution >= 0.6 is 0 Å². The number of benzene rings is 2. The number of anilines is 1. The molecule has 168 valence electrons.